The van der Waals surface area contributed by atoms with E-state index in [-0.39, 0.29) is 42.4 Å². The molecular weight excluding hydrogens is 792 g/mol. The van der Waals surface area contributed by atoms with E-state index in [2.05, 4.69) is 73.7 Å². The fraction of sp³-hybridized carbons (Fsp3) is 0.273. The van der Waals surface area contributed by atoms with Gasteiger partial charge < -0.3 is 9.11 Å². The Morgan fingerprint density at radius 1 is 0.684 bits per heavy atom. The molecule has 0 N–H and O–H groups in total. The van der Waals surface area contributed by atoms with Crippen LogP contribution < -0.4 is 42.4 Å². The number of hydrogen-bond acceptors (Lipinski definition) is 6. The van der Waals surface area contributed by atoms with Crippen LogP contribution in [0.15, 0.2) is 73.9 Å². The first-order valence-electron chi connectivity index (χ1n) is 10.2. The van der Waals surface area contributed by atoms with Crippen LogP contribution in [0.25, 0.3) is 0 Å². The van der Waals surface area contributed by atoms with E-state index in [0.717, 1.165) is 11.8 Å². The largest absolute Gasteiger partial charge is 0.741 e. The molecule has 0 fully saturated rings. The molecule has 38 heavy (non-hydrogen) atoms. The van der Waals surface area contributed by atoms with Crippen molar-refractivity contribution in [2.75, 3.05) is 0 Å². The van der Waals surface area contributed by atoms with Crippen LogP contribution in [0.1, 0.15) is 12.0 Å². The fourth-order valence-corrected chi connectivity index (χ4v) is 10.2. The van der Waals surface area contributed by atoms with Gasteiger partial charge in [0.05, 0.1) is 11.8 Å². The smallest absolute Gasteiger partial charge is 0.485 e. The summed E-state index contributed by atoms with van der Waals surface area (Å²) >= 11 is 0.0297. The molecule has 2 bridgehead atoms. The molecule has 2 aliphatic carbocycles. The van der Waals surface area contributed by atoms with Gasteiger partial charge >= 0.3 is 53.4 Å². The third-order valence-corrected chi connectivity index (χ3v) is 13.5. The van der Waals surface area contributed by atoms with Crippen LogP contribution in [-0.2, 0) is 20.2 Å². The molecule has 2 unspecified atom stereocenters. The van der Waals surface area contributed by atoms with E-state index in [1.54, 1.807) is 7.14 Å². The number of fused-ring (bicyclic) bond motifs is 2. The average Bonchev–Trinajstić information content (AvgIpc) is 3.37. The Morgan fingerprint density at radius 2 is 1.03 bits per heavy atom. The normalized spacial score (nSPS) is 19.0. The first-order valence-corrected chi connectivity index (χ1v) is 17.3. The Hall–Kier alpha value is -1.22. The summed E-state index contributed by atoms with van der Waals surface area (Å²) < 4.78 is 125. The van der Waals surface area contributed by atoms with Crippen LogP contribution in [0.5, 0.6) is 0 Å². The predicted molar refractivity (Wildman–Crippen MR) is 114 cm³/mol. The van der Waals surface area contributed by atoms with Crippen molar-refractivity contribution < 1.29 is 94.7 Å². The number of benzene rings is 2. The fourth-order valence-electron chi connectivity index (χ4n) is 2.97. The molecule has 0 heterocycles. The lowest BCUT2D eigenvalue weighted by Crippen LogP contribution is -3.66. The van der Waals surface area contributed by atoms with Crippen LogP contribution in [0.3, 0.4) is 0 Å². The van der Waals surface area contributed by atoms with Gasteiger partial charge in [0.1, 0.15) is 0 Å². The molecule has 6 nitrogen and oxygen atoms in total. The lowest BCUT2D eigenvalue weighted by Gasteiger charge is -2.08. The van der Waals surface area contributed by atoms with Crippen molar-refractivity contribution in [1.82, 2.24) is 0 Å². The molecule has 0 aromatic heterocycles. The summed E-state index contributed by atoms with van der Waals surface area (Å²) in [4.78, 5) is 0. The van der Waals surface area contributed by atoms with Crippen molar-refractivity contribution in [2.24, 2.45) is 11.8 Å². The Balaban J connectivity index is 0.000000264. The van der Waals surface area contributed by atoms with Gasteiger partial charge in [0, 0.05) is 0 Å². The standard InChI is InChI=1S/C20H18I2.2CHF3O3S/c1-14-7-11-18(12-8-14)22-20-16-10-9-15(13-16)19(20)21-17-5-3-2-4-6-17;2*2-1(3,4)8(5,6)7/h2-12,15-16H,13H2,1H3;2*(H,5,6,7)/q+2;;/p-2. The molecule has 4 rings (SSSR count). The van der Waals surface area contributed by atoms with Gasteiger partial charge in [0.15, 0.2) is 27.4 Å². The summed E-state index contributed by atoms with van der Waals surface area (Å²) in [6.07, 6.45) is 6.32. The van der Waals surface area contributed by atoms with E-state index in [1.807, 2.05) is 7.16 Å². The quantitative estimate of drug-likeness (QED) is 0.125. The first kappa shape index (κ1) is 33.0. The number of hydrogen-bond donors (Lipinski definition) is 0. The van der Waals surface area contributed by atoms with E-state index < -0.39 is 31.3 Å². The second-order valence-electron chi connectivity index (χ2n) is 7.61. The maximum Gasteiger partial charge on any atom is 0.485 e. The van der Waals surface area contributed by atoms with Gasteiger partial charge in [-0.1, -0.05) is 48.0 Å². The number of rotatable bonds is 4. The van der Waals surface area contributed by atoms with E-state index in [4.69, 9.17) is 25.9 Å². The third-order valence-electron chi connectivity index (χ3n) is 4.70. The SMILES string of the molecule is Cc1ccc([I+]C2=C([I+]c3ccccc3)C3C=CC2C3)cc1.O=S(=O)([O-])C(F)(F)F.O=S(=O)([O-])C(F)(F)F. The molecule has 2 atom stereocenters. The summed E-state index contributed by atoms with van der Waals surface area (Å²) in [6, 6.07) is 20.4. The van der Waals surface area contributed by atoms with Crippen molar-refractivity contribution in [3.63, 3.8) is 0 Å². The monoisotopic (exact) mass is 810 g/mol. The second-order valence-corrected chi connectivity index (χ2v) is 16.2. The molecule has 16 heteroatoms. The van der Waals surface area contributed by atoms with Crippen LogP contribution in [0, 0.1) is 25.9 Å². The van der Waals surface area contributed by atoms with Gasteiger partial charge in [-0.15, -0.1) is 0 Å². The highest BCUT2D eigenvalue weighted by atomic mass is 127. The van der Waals surface area contributed by atoms with E-state index in [9.17, 15) is 26.3 Å². The topological polar surface area (TPSA) is 114 Å². The molecule has 2 aliphatic rings. The molecule has 210 valence electrons. The molecule has 0 spiro atoms. The lowest BCUT2D eigenvalue weighted by atomic mass is 10.2. The van der Waals surface area contributed by atoms with Gasteiger partial charge in [0.2, 0.25) is 7.16 Å². The van der Waals surface area contributed by atoms with Crippen molar-refractivity contribution >= 4 is 20.2 Å². The highest BCUT2D eigenvalue weighted by Gasteiger charge is 2.50. The van der Waals surface area contributed by atoms with Crippen LogP contribution in [0.2, 0.25) is 0 Å². The molecule has 0 saturated heterocycles. The van der Waals surface area contributed by atoms with Crippen molar-refractivity contribution in [3.8, 4) is 0 Å². The number of alkyl halides is 6. The van der Waals surface area contributed by atoms with Crippen molar-refractivity contribution in [3.05, 3.63) is 86.6 Å². The zero-order chi connectivity index (χ0) is 28.9. The predicted octanol–water partition coefficient (Wildman–Crippen LogP) is -1.27. The maximum atomic E-state index is 10.7. The minimum atomic E-state index is -6.09. The van der Waals surface area contributed by atoms with E-state index >= 15 is 0 Å². The Bertz CT molecular complexity index is 1330. The Kier molecular flexibility index (Phi) is 11.3. The number of aryl methyl sites for hydroxylation is 1. The number of allylic oxidation sites excluding steroid dienone is 4. The minimum Gasteiger partial charge on any atom is -0.741 e. The highest BCUT2D eigenvalue weighted by Crippen LogP contribution is 2.36. The lowest BCUT2D eigenvalue weighted by molar-refractivity contribution is -0.622. The molecular formula is C22H18F6I2O6S2. The highest BCUT2D eigenvalue weighted by molar-refractivity contribution is 7.86. The summed E-state index contributed by atoms with van der Waals surface area (Å²) in [6.45, 7) is 2.17. The molecule has 0 radical (unpaired) electrons. The van der Waals surface area contributed by atoms with E-state index in [1.165, 1.54) is 12.0 Å². The van der Waals surface area contributed by atoms with Crippen LogP contribution in [-0.4, -0.2) is 37.0 Å². The van der Waals surface area contributed by atoms with Crippen LogP contribution >= 0.6 is 0 Å². The summed E-state index contributed by atoms with van der Waals surface area (Å²) in [7, 11) is -12.2. The zero-order valence-electron chi connectivity index (χ0n) is 19.0. The van der Waals surface area contributed by atoms with Crippen molar-refractivity contribution in [2.45, 2.75) is 24.4 Å². The summed E-state index contributed by atoms with van der Waals surface area (Å²) in [5.74, 6) is 1.52. The molecule has 0 amide bonds. The second kappa shape index (κ2) is 13.0. The van der Waals surface area contributed by atoms with Crippen LogP contribution in [0.4, 0.5) is 26.3 Å². The number of halogens is 8. The zero-order valence-corrected chi connectivity index (χ0v) is 25.0. The average molecular weight is 810 g/mol. The molecule has 0 aliphatic heterocycles. The Morgan fingerprint density at radius 3 is 1.37 bits per heavy atom. The van der Waals surface area contributed by atoms with Gasteiger partial charge in [-0.05, 0) is 37.6 Å². The molecule has 2 aromatic rings. The van der Waals surface area contributed by atoms with Gasteiger partial charge in [-0.2, -0.15) is 26.3 Å². The van der Waals surface area contributed by atoms with Gasteiger partial charge in [-0.25, -0.2) is 16.8 Å². The van der Waals surface area contributed by atoms with E-state index in [0.29, 0.717) is 0 Å². The van der Waals surface area contributed by atoms with Gasteiger partial charge in [-0.3, -0.25) is 0 Å². The third kappa shape index (κ3) is 9.76. The van der Waals surface area contributed by atoms with Gasteiger partial charge in [0.25, 0.3) is 0 Å². The minimum absolute atomic E-state index is 0.0116. The molecule has 2 aromatic carbocycles. The van der Waals surface area contributed by atoms with Crippen molar-refractivity contribution in [1.29, 1.82) is 0 Å². The Labute approximate surface area is 236 Å². The summed E-state index contributed by atoms with van der Waals surface area (Å²) in [5, 5.41) is 0. The maximum absolute atomic E-state index is 10.7. The summed E-state index contributed by atoms with van der Waals surface area (Å²) in [5.41, 5.74) is -9.92. The first-order chi connectivity index (χ1) is 17.3. The molecule has 0 saturated carbocycles.